The van der Waals surface area contributed by atoms with Crippen LogP contribution in [0.15, 0.2) is 0 Å². The average molecular weight is 237 g/mol. The van der Waals surface area contributed by atoms with Crippen LogP contribution in [-0.4, -0.2) is 41.1 Å². The smallest absolute Gasteiger partial charge is 0.397 e. The van der Waals surface area contributed by atoms with Gasteiger partial charge in [-0.1, -0.05) is 0 Å². The first-order chi connectivity index (χ1) is 7.16. The van der Waals surface area contributed by atoms with Crippen molar-refractivity contribution < 1.29 is 27.9 Å². The highest BCUT2D eigenvalue weighted by molar-refractivity contribution is 5.84. The van der Waals surface area contributed by atoms with E-state index in [0.29, 0.717) is 0 Å². The number of likely N-dealkylation sites (tertiary alicyclic amines) is 1. The number of carboxylic acids is 1. The van der Waals surface area contributed by atoms with Crippen molar-refractivity contribution in [3.8, 4) is 0 Å². The molecule has 2 aliphatic rings. The number of amides is 1. The van der Waals surface area contributed by atoms with Crippen molar-refractivity contribution in [3.05, 3.63) is 0 Å². The lowest BCUT2D eigenvalue weighted by molar-refractivity contribution is -0.196. The molecule has 2 fully saturated rings. The molecule has 1 saturated heterocycles. The third-order valence-electron chi connectivity index (χ3n) is 3.71. The highest BCUT2D eigenvalue weighted by Gasteiger charge is 2.87. The molecule has 0 aromatic rings. The summed E-state index contributed by atoms with van der Waals surface area (Å²) in [4.78, 5) is 22.9. The maximum atomic E-state index is 12.8. The number of carbonyl (C=O) groups is 2. The third-order valence-corrected chi connectivity index (χ3v) is 3.71. The molecule has 1 N–H and O–H groups in total. The monoisotopic (exact) mass is 237 g/mol. The fourth-order valence-electron chi connectivity index (χ4n) is 2.62. The van der Waals surface area contributed by atoms with E-state index in [1.54, 1.807) is 0 Å². The zero-order chi connectivity index (χ0) is 12.4. The first-order valence-corrected chi connectivity index (χ1v) is 4.72. The maximum absolute atomic E-state index is 12.8. The number of alkyl halides is 3. The second kappa shape index (κ2) is 2.70. The molecule has 0 radical (unpaired) electrons. The standard InChI is InChI=1S/C9H10F3NO3/c1-5(14)13-3-7(6(15)16)2-8(7,4-13)9(10,11)12/h2-4H2,1H3,(H,15,16)/t7-,8-/m0/s1. The van der Waals surface area contributed by atoms with Crippen molar-refractivity contribution in [2.45, 2.75) is 19.5 Å². The van der Waals surface area contributed by atoms with Crippen LogP contribution in [0.3, 0.4) is 0 Å². The van der Waals surface area contributed by atoms with E-state index in [1.165, 1.54) is 0 Å². The van der Waals surface area contributed by atoms with Gasteiger partial charge >= 0.3 is 12.1 Å². The predicted molar refractivity (Wildman–Crippen MR) is 45.4 cm³/mol. The average Bonchev–Trinajstić information content (AvgIpc) is 2.65. The van der Waals surface area contributed by atoms with Gasteiger partial charge in [0.25, 0.3) is 0 Å². The molecular formula is C9H10F3NO3. The number of fused-ring (bicyclic) bond motifs is 1. The summed E-state index contributed by atoms with van der Waals surface area (Å²) >= 11 is 0. The van der Waals surface area contributed by atoms with Crippen LogP contribution < -0.4 is 0 Å². The van der Waals surface area contributed by atoms with Crippen molar-refractivity contribution in [2.24, 2.45) is 10.8 Å². The summed E-state index contributed by atoms with van der Waals surface area (Å²) < 4.78 is 38.5. The predicted octanol–water partition coefficient (Wildman–Crippen LogP) is 0.872. The van der Waals surface area contributed by atoms with Crippen LogP contribution in [0.25, 0.3) is 0 Å². The number of nitrogens with zero attached hydrogens (tertiary/aromatic N) is 1. The summed E-state index contributed by atoms with van der Waals surface area (Å²) in [5.74, 6) is -1.98. The summed E-state index contributed by atoms with van der Waals surface area (Å²) in [5.41, 5.74) is -4.03. The van der Waals surface area contributed by atoms with Gasteiger partial charge in [-0.25, -0.2) is 0 Å². The number of carbonyl (C=O) groups excluding carboxylic acids is 1. The van der Waals surface area contributed by atoms with Gasteiger partial charge in [0.15, 0.2) is 0 Å². The van der Waals surface area contributed by atoms with E-state index in [-0.39, 0.29) is 6.54 Å². The lowest BCUT2D eigenvalue weighted by atomic mass is 9.96. The number of hydrogen-bond acceptors (Lipinski definition) is 2. The summed E-state index contributed by atoms with van der Waals surface area (Å²) in [5, 5.41) is 8.90. The van der Waals surface area contributed by atoms with Crippen LogP contribution in [0.4, 0.5) is 13.2 Å². The van der Waals surface area contributed by atoms with Crippen molar-refractivity contribution in [2.75, 3.05) is 13.1 Å². The lowest BCUT2D eigenvalue weighted by Gasteiger charge is -2.20. The highest BCUT2D eigenvalue weighted by atomic mass is 19.4. The molecule has 1 heterocycles. The Morgan fingerprint density at radius 2 is 1.88 bits per heavy atom. The second-order valence-electron chi connectivity index (χ2n) is 4.52. The molecule has 0 unspecified atom stereocenters. The number of piperidine rings is 1. The van der Waals surface area contributed by atoms with E-state index in [1.807, 2.05) is 0 Å². The molecule has 90 valence electrons. The number of carboxylic acid groups (broad SMARTS) is 1. The Balaban J connectivity index is 2.36. The third kappa shape index (κ3) is 1.06. The molecule has 2 rings (SSSR count). The highest BCUT2D eigenvalue weighted by Crippen LogP contribution is 2.74. The topological polar surface area (TPSA) is 57.6 Å². The lowest BCUT2D eigenvalue weighted by Crippen LogP contribution is -2.35. The largest absolute Gasteiger partial charge is 0.481 e. The van der Waals surface area contributed by atoms with Gasteiger partial charge in [-0.15, -0.1) is 0 Å². The number of rotatable bonds is 1. The Labute approximate surface area is 89.0 Å². The second-order valence-corrected chi connectivity index (χ2v) is 4.52. The van der Waals surface area contributed by atoms with Gasteiger partial charge in [0.1, 0.15) is 10.8 Å². The molecular weight excluding hydrogens is 227 g/mol. The fraction of sp³-hybridized carbons (Fsp3) is 0.778. The van der Waals surface area contributed by atoms with Gasteiger partial charge in [-0.2, -0.15) is 13.2 Å². The van der Waals surface area contributed by atoms with Crippen LogP contribution in [-0.2, 0) is 9.59 Å². The van der Waals surface area contributed by atoms with Crippen LogP contribution in [0, 0.1) is 10.8 Å². The minimum Gasteiger partial charge on any atom is -0.481 e. The Kier molecular flexibility index (Phi) is 1.89. The van der Waals surface area contributed by atoms with Gasteiger partial charge < -0.3 is 10.0 Å². The zero-order valence-electron chi connectivity index (χ0n) is 8.47. The van der Waals surface area contributed by atoms with E-state index >= 15 is 0 Å². The van der Waals surface area contributed by atoms with E-state index in [9.17, 15) is 22.8 Å². The molecule has 7 heteroatoms. The quantitative estimate of drug-likeness (QED) is 0.736. The van der Waals surface area contributed by atoms with Crippen LogP contribution in [0.5, 0.6) is 0 Å². The SMILES string of the molecule is CC(=O)N1C[C@]2(C(=O)O)C[C@]2(C(F)(F)F)C1. The van der Waals surface area contributed by atoms with E-state index in [2.05, 4.69) is 0 Å². The molecule has 2 atom stereocenters. The van der Waals surface area contributed by atoms with Gasteiger partial charge in [0.2, 0.25) is 5.91 Å². The van der Waals surface area contributed by atoms with Crippen molar-refractivity contribution >= 4 is 11.9 Å². The van der Waals surface area contributed by atoms with E-state index < -0.39 is 41.8 Å². The molecule has 1 aliphatic carbocycles. The van der Waals surface area contributed by atoms with Gasteiger partial charge in [-0.3, -0.25) is 9.59 Å². The van der Waals surface area contributed by atoms with E-state index in [4.69, 9.17) is 5.11 Å². The summed E-state index contributed by atoms with van der Waals surface area (Å²) in [6.45, 7) is 0.277. The number of halogens is 3. The van der Waals surface area contributed by atoms with Gasteiger partial charge in [-0.05, 0) is 6.42 Å². The molecule has 0 bridgehead atoms. The zero-order valence-corrected chi connectivity index (χ0v) is 8.47. The van der Waals surface area contributed by atoms with Crippen molar-refractivity contribution in [1.29, 1.82) is 0 Å². The summed E-state index contributed by atoms with van der Waals surface area (Å²) in [6, 6.07) is 0. The number of hydrogen-bond donors (Lipinski definition) is 1. The molecule has 4 nitrogen and oxygen atoms in total. The summed E-state index contributed by atoms with van der Waals surface area (Å²) in [7, 11) is 0. The molecule has 1 saturated carbocycles. The Morgan fingerprint density at radius 3 is 2.19 bits per heavy atom. The van der Waals surface area contributed by atoms with Gasteiger partial charge in [0, 0.05) is 20.0 Å². The summed E-state index contributed by atoms with van der Waals surface area (Å²) in [6.07, 6.45) is -4.99. The Bertz CT molecular complexity index is 381. The minimum absolute atomic E-state index is 0.336. The maximum Gasteiger partial charge on any atom is 0.397 e. The van der Waals surface area contributed by atoms with Crippen molar-refractivity contribution in [1.82, 2.24) is 4.90 Å². The number of aliphatic carboxylic acids is 1. The Morgan fingerprint density at radius 1 is 1.31 bits per heavy atom. The first-order valence-electron chi connectivity index (χ1n) is 4.72. The molecule has 0 aromatic heterocycles. The van der Waals surface area contributed by atoms with Crippen molar-refractivity contribution in [3.63, 3.8) is 0 Å². The fourth-order valence-corrected chi connectivity index (χ4v) is 2.62. The normalized spacial score (nSPS) is 37.1. The Hall–Kier alpha value is -1.27. The van der Waals surface area contributed by atoms with Crippen LogP contribution in [0.1, 0.15) is 13.3 Å². The van der Waals surface area contributed by atoms with E-state index in [0.717, 1.165) is 11.8 Å². The molecule has 16 heavy (non-hydrogen) atoms. The molecule has 1 aliphatic heterocycles. The first kappa shape index (κ1) is 11.2. The van der Waals surface area contributed by atoms with Crippen LogP contribution >= 0.6 is 0 Å². The molecule has 0 aromatic carbocycles. The molecule has 0 spiro atoms. The minimum atomic E-state index is -4.57. The molecule has 1 amide bonds. The van der Waals surface area contributed by atoms with Gasteiger partial charge in [0.05, 0.1) is 0 Å². The van der Waals surface area contributed by atoms with Crippen LogP contribution in [0.2, 0.25) is 0 Å².